The molecule has 2 heterocycles. The molecule has 7 nitrogen and oxygen atoms in total. The van der Waals surface area contributed by atoms with Crippen molar-refractivity contribution in [2.45, 2.75) is 70.9 Å². The molecule has 1 atom stereocenters. The summed E-state index contributed by atoms with van der Waals surface area (Å²) >= 11 is 0. The second-order valence-corrected chi connectivity index (χ2v) is 10.3. The summed E-state index contributed by atoms with van der Waals surface area (Å²) in [5, 5.41) is 0. The summed E-state index contributed by atoms with van der Waals surface area (Å²) in [5.74, 6) is 6.59. The Kier molecular flexibility index (Phi) is 10.1. The molecule has 38 heavy (non-hydrogen) atoms. The van der Waals surface area contributed by atoms with Gasteiger partial charge in [-0.1, -0.05) is 42.9 Å². The van der Waals surface area contributed by atoms with Gasteiger partial charge >= 0.3 is 6.09 Å². The molecule has 1 saturated heterocycles. The molecule has 2 aliphatic rings. The zero-order valence-electron chi connectivity index (χ0n) is 22.7. The Balaban J connectivity index is 1.06. The van der Waals surface area contributed by atoms with Crippen LogP contribution in [-0.4, -0.2) is 49.6 Å². The number of hydrogen-bond acceptors (Lipinski definition) is 6. The Morgan fingerprint density at radius 1 is 1.11 bits per heavy atom. The lowest BCUT2D eigenvalue weighted by atomic mass is 10.0. The number of nitrogens with zero attached hydrogens (tertiary/aromatic N) is 1. The zero-order chi connectivity index (χ0) is 26.8. The van der Waals surface area contributed by atoms with Crippen molar-refractivity contribution in [1.82, 2.24) is 4.90 Å². The van der Waals surface area contributed by atoms with Crippen molar-refractivity contribution in [3.8, 4) is 17.6 Å². The van der Waals surface area contributed by atoms with Crippen LogP contribution in [0.4, 0.5) is 4.79 Å². The van der Waals surface area contributed by atoms with Gasteiger partial charge in [0.05, 0.1) is 19.8 Å². The van der Waals surface area contributed by atoms with E-state index in [0.29, 0.717) is 32.8 Å². The van der Waals surface area contributed by atoms with Gasteiger partial charge in [-0.3, -0.25) is 0 Å². The molecule has 1 fully saturated rings. The number of carbonyl (C=O) groups is 1. The second-order valence-electron chi connectivity index (χ2n) is 10.3. The minimum atomic E-state index is -0.621. The number of fused-ring (bicyclic) bond motifs is 1. The summed E-state index contributed by atoms with van der Waals surface area (Å²) in [6.45, 7) is 7.61. The lowest BCUT2D eigenvalue weighted by molar-refractivity contribution is -0.180. The molecular formula is C31H40N2O5. The third-order valence-corrected chi connectivity index (χ3v) is 6.71. The first kappa shape index (κ1) is 28.0. The maximum Gasteiger partial charge on any atom is 0.410 e. The number of ether oxygens (including phenoxy) is 4. The highest BCUT2D eigenvalue weighted by atomic mass is 16.7. The van der Waals surface area contributed by atoms with Crippen LogP contribution in [0.1, 0.15) is 74.3 Å². The van der Waals surface area contributed by atoms with Crippen molar-refractivity contribution >= 4 is 6.09 Å². The zero-order valence-corrected chi connectivity index (χ0v) is 22.7. The molecule has 0 bridgehead atoms. The first-order chi connectivity index (χ1) is 18.4. The van der Waals surface area contributed by atoms with E-state index in [1.54, 1.807) is 4.90 Å². The van der Waals surface area contributed by atoms with Gasteiger partial charge in [-0.15, -0.1) is 0 Å². The summed E-state index contributed by atoms with van der Waals surface area (Å²) in [5.41, 5.74) is 9.84. The van der Waals surface area contributed by atoms with Crippen LogP contribution < -0.4 is 10.5 Å². The maximum absolute atomic E-state index is 12.4. The summed E-state index contributed by atoms with van der Waals surface area (Å²) in [6.07, 6.45) is 5.21. The molecule has 1 amide bonds. The van der Waals surface area contributed by atoms with Gasteiger partial charge in [0, 0.05) is 44.5 Å². The Morgan fingerprint density at radius 3 is 2.84 bits per heavy atom. The van der Waals surface area contributed by atoms with Crippen LogP contribution in [0.5, 0.6) is 5.75 Å². The number of carbonyl (C=O) groups excluding carboxylic acids is 1. The second kappa shape index (κ2) is 13.7. The van der Waals surface area contributed by atoms with Crippen LogP contribution in [0, 0.1) is 11.8 Å². The van der Waals surface area contributed by atoms with Gasteiger partial charge in [-0.2, -0.15) is 0 Å². The van der Waals surface area contributed by atoms with Crippen molar-refractivity contribution in [2.75, 3.05) is 32.8 Å². The highest BCUT2D eigenvalue weighted by Crippen LogP contribution is 2.35. The molecule has 2 aromatic rings. The van der Waals surface area contributed by atoms with E-state index in [0.717, 1.165) is 67.6 Å². The summed E-state index contributed by atoms with van der Waals surface area (Å²) in [7, 11) is 0. The van der Waals surface area contributed by atoms with Gasteiger partial charge in [0.1, 0.15) is 11.9 Å². The monoisotopic (exact) mass is 520 g/mol. The minimum Gasteiger partial charge on any atom is -0.463 e. The maximum atomic E-state index is 12.4. The van der Waals surface area contributed by atoms with E-state index in [4.69, 9.17) is 24.7 Å². The van der Waals surface area contributed by atoms with E-state index in [1.165, 1.54) is 5.56 Å². The lowest BCUT2D eigenvalue weighted by Crippen LogP contribution is -2.35. The fourth-order valence-electron chi connectivity index (χ4n) is 4.64. The van der Waals surface area contributed by atoms with Crippen molar-refractivity contribution in [3.05, 3.63) is 64.7 Å². The van der Waals surface area contributed by atoms with Crippen molar-refractivity contribution < 1.29 is 23.7 Å². The van der Waals surface area contributed by atoms with E-state index in [1.807, 2.05) is 44.2 Å². The molecule has 7 heteroatoms. The van der Waals surface area contributed by atoms with Crippen LogP contribution in [0.15, 0.2) is 42.5 Å². The molecule has 4 rings (SSSR count). The predicted molar refractivity (Wildman–Crippen MR) is 147 cm³/mol. The van der Waals surface area contributed by atoms with Crippen LogP contribution in [0.2, 0.25) is 0 Å². The molecule has 0 radical (unpaired) electrons. The molecule has 0 saturated carbocycles. The fourth-order valence-corrected chi connectivity index (χ4v) is 4.64. The molecule has 0 aromatic heterocycles. The number of hydrogen-bond donors (Lipinski definition) is 1. The number of nitrogens with two attached hydrogens (primary N) is 1. The molecule has 0 spiro atoms. The normalized spacial score (nSPS) is 17.8. The molecular weight excluding hydrogens is 480 g/mol. The van der Waals surface area contributed by atoms with E-state index in [9.17, 15) is 4.79 Å². The van der Waals surface area contributed by atoms with E-state index in [-0.39, 0.29) is 12.2 Å². The van der Waals surface area contributed by atoms with Gasteiger partial charge in [-0.05, 0) is 61.2 Å². The van der Waals surface area contributed by atoms with E-state index in [2.05, 4.69) is 24.0 Å². The van der Waals surface area contributed by atoms with Crippen LogP contribution in [0.25, 0.3) is 0 Å². The molecule has 2 aromatic carbocycles. The number of unbranched alkanes of at least 4 members (excludes halogenated alkanes) is 3. The highest BCUT2D eigenvalue weighted by molar-refractivity contribution is 5.70. The Morgan fingerprint density at radius 2 is 1.97 bits per heavy atom. The fraction of sp³-hybridized carbons (Fsp3) is 0.516. The van der Waals surface area contributed by atoms with Gasteiger partial charge in [0.15, 0.2) is 0 Å². The topological polar surface area (TPSA) is 83.2 Å². The Hall–Kier alpha value is -3.05. The van der Waals surface area contributed by atoms with E-state index >= 15 is 0 Å². The van der Waals surface area contributed by atoms with Crippen molar-refractivity contribution in [1.29, 1.82) is 0 Å². The van der Waals surface area contributed by atoms with Gasteiger partial charge in [0.25, 0.3) is 0 Å². The summed E-state index contributed by atoms with van der Waals surface area (Å²) < 4.78 is 23.0. The summed E-state index contributed by atoms with van der Waals surface area (Å²) in [6, 6.07) is 14.2. The van der Waals surface area contributed by atoms with Gasteiger partial charge < -0.3 is 29.6 Å². The Bertz CT molecular complexity index is 1140. The summed E-state index contributed by atoms with van der Waals surface area (Å²) in [4.78, 5) is 14.2. The average Bonchev–Trinajstić information content (AvgIpc) is 3.27. The van der Waals surface area contributed by atoms with Gasteiger partial charge in [-0.25, -0.2) is 4.79 Å². The van der Waals surface area contributed by atoms with Crippen LogP contribution >= 0.6 is 0 Å². The Labute approximate surface area is 226 Å². The predicted octanol–water partition coefficient (Wildman–Crippen LogP) is 5.35. The van der Waals surface area contributed by atoms with Crippen LogP contribution in [-0.2, 0) is 27.2 Å². The molecule has 0 aliphatic carbocycles. The van der Waals surface area contributed by atoms with Crippen molar-refractivity contribution in [2.24, 2.45) is 5.73 Å². The third kappa shape index (κ3) is 8.22. The number of benzene rings is 2. The first-order valence-electron chi connectivity index (χ1n) is 13.7. The van der Waals surface area contributed by atoms with Crippen molar-refractivity contribution in [3.63, 3.8) is 0 Å². The largest absolute Gasteiger partial charge is 0.463 e. The molecule has 2 N–H and O–H groups in total. The number of rotatable bonds is 12. The molecule has 204 valence electrons. The molecule has 2 aliphatic heterocycles. The smallest absolute Gasteiger partial charge is 0.410 e. The highest BCUT2D eigenvalue weighted by Gasteiger charge is 2.33. The van der Waals surface area contributed by atoms with Crippen LogP contribution in [0.3, 0.4) is 0 Å². The lowest BCUT2D eigenvalue weighted by Gasteiger charge is -2.32. The molecule has 0 unspecified atom stereocenters. The minimum absolute atomic E-state index is 0.239. The number of amides is 1. The first-order valence-corrected chi connectivity index (χ1v) is 13.7. The third-order valence-electron chi connectivity index (χ3n) is 6.71. The average molecular weight is 521 g/mol. The SMILES string of the molecule is CC1(C)OCc2cc([C@@H]3CN(CCCCCCOCCC#Cc4cccc(CCN)c4)C(=O)O3)ccc2O1. The van der Waals surface area contributed by atoms with Gasteiger partial charge in [0.2, 0.25) is 5.79 Å². The standard InChI is InChI=1S/C31H40N2O5/c1-31(2)36-23-27-21-26(13-14-28(27)38-31)29-22-33(30(34)37-29)17-6-3-4-7-18-35-19-8-5-10-24-11-9-12-25(20-24)15-16-32/h9,11-14,20-21,29H,3-4,6-8,15-19,22-23,32H2,1-2H3/t29-/m0/s1. The number of cyclic esters (lactones) is 1. The quantitative estimate of drug-likeness (QED) is 0.300. The van der Waals surface area contributed by atoms with E-state index < -0.39 is 5.79 Å².